The molecule has 1 aromatic heterocycles. The minimum atomic E-state index is -0.242. The molecule has 0 aliphatic rings. The summed E-state index contributed by atoms with van der Waals surface area (Å²) in [6.45, 7) is 3.89. The number of aryl methyl sites for hydroxylation is 2. The van der Waals surface area contributed by atoms with Gasteiger partial charge < -0.3 is 5.32 Å². The van der Waals surface area contributed by atoms with E-state index in [-0.39, 0.29) is 12.5 Å². The second-order valence-corrected chi connectivity index (χ2v) is 5.95. The quantitative estimate of drug-likeness (QED) is 0.790. The van der Waals surface area contributed by atoms with E-state index >= 15 is 0 Å². The van der Waals surface area contributed by atoms with Crippen molar-refractivity contribution >= 4 is 23.2 Å². The fourth-order valence-electron chi connectivity index (χ4n) is 2.18. The summed E-state index contributed by atoms with van der Waals surface area (Å²) in [5.74, 6) is 0.245. The van der Waals surface area contributed by atoms with Gasteiger partial charge in [-0.15, -0.1) is 10.2 Å². The van der Waals surface area contributed by atoms with Gasteiger partial charge in [0.2, 0.25) is 11.7 Å². The summed E-state index contributed by atoms with van der Waals surface area (Å²) in [5.41, 5.74) is 3.62. The predicted octanol–water partition coefficient (Wildman–Crippen LogP) is 3.25. The van der Waals surface area contributed by atoms with Crippen molar-refractivity contribution in [2.45, 2.75) is 20.4 Å². The Morgan fingerprint density at radius 3 is 2.67 bits per heavy atom. The van der Waals surface area contributed by atoms with E-state index in [1.807, 2.05) is 44.2 Å². The molecule has 3 rings (SSSR count). The summed E-state index contributed by atoms with van der Waals surface area (Å²) < 4.78 is 0. The fraction of sp³-hybridized carbons (Fsp3) is 0.176. The van der Waals surface area contributed by atoms with Crippen LogP contribution in [0.5, 0.6) is 0 Å². The molecule has 0 radical (unpaired) electrons. The third-order valence-electron chi connectivity index (χ3n) is 3.52. The first-order chi connectivity index (χ1) is 11.5. The highest BCUT2D eigenvalue weighted by molar-refractivity contribution is 6.31. The number of halogens is 1. The molecule has 122 valence electrons. The number of hydrogen-bond donors (Lipinski definition) is 1. The Bertz CT molecular complexity index is 873. The van der Waals surface area contributed by atoms with Gasteiger partial charge in [-0.2, -0.15) is 4.80 Å². The average Bonchev–Trinajstić information content (AvgIpc) is 3.00. The highest BCUT2D eigenvalue weighted by Crippen LogP contribution is 2.20. The third-order valence-corrected chi connectivity index (χ3v) is 3.76. The van der Waals surface area contributed by atoms with E-state index in [0.29, 0.717) is 16.5 Å². The number of carbonyl (C=O) groups excluding carboxylic acids is 1. The van der Waals surface area contributed by atoms with Crippen molar-refractivity contribution in [3.05, 3.63) is 58.6 Å². The maximum Gasteiger partial charge on any atom is 0.248 e. The van der Waals surface area contributed by atoms with Gasteiger partial charge in [0.15, 0.2) is 0 Å². The van der Waals surface area contributed by atoms with Crippen molar-refractivity contribution in [3.8, 4) is 11.4 Å². The van der Waals surface area contributed by atoms with E-state index in [4.69, 9.17) is 11.6 Å². The van der Waals surface area contributed by atoms with Crippen molar-refractivity contribution in [1.29, 1.82) is 0 Å². The fourth-order valence-corrected chi connectivity index (χ4v) is 2.35. The van der Waals surface area contributed by atoms with Crippen LogP contribution in [0.25, 0.3) is 11.4 Å². The van der Waals surface area contributed by atoms with Crippen LogP contribution in [0.3, 0.4) is 0 Å². The van der Waals surface area contributed by atoms with E-state index < -0.39 is 0 Å². The lowest BCUT2D eigenvalue weighted by atomic mass is 10.1. The van der Waals surface area contributed by atoms with Crippen molar-refractivity contribution in [2.75, 3.05) is 5.32 Å². The lowest BCUT2D eigenvalue weighted by molar-refractivity contribution is -0.117. The molecule has 1 amide bonds. The first kappa shape index (κ1) is 16.1. The number of carbonyl (C=O) groups is 1. The van der Waals surface area contributed by atoms with Gasteiger partial charge in [0.1, 0.15) is 6.54 Å². The molecule has 1 N–H and O–H groups in total. The van der Waals surface area contributed by atoms with Crippen molar-refractivity contribution in [3.63, 3.8) is 0 Å². The van der Waals surface area contributed by atoms with E-state index in [0.717, 1.165) is 16.7 Å². The van der Waals surface area contributed by atoms with Gasteiger partial charge in [-0.05, 0) is 36.8 Å². The molecular formula is C17H16ClN5O. The molecule has 6 nitrogen and oxygen atoms in total. The van der Waals surface area contributed by atoms with Gasteiger partial charge in [0, 0.05) is 16.3 Å². The standard InChI is InChI=1S/C17H16ClN5O/c1-11-3-6-13(7-4-11)17-20-22-23(21-17)10-16(24)19-15-9-14(18)8-5-12(15)2/h3-9H,10H2,1-2H3,(H,19,24). The Balaban J connectivity index is 1.69. The van der Waals surface area contributed by atoms with Gasteiger partial charge in [0.05, 0.1) is 0 Å². The van der Waals surface area contributed by atoms with Crippen molar-refractivity contribution in [1.82, 2.24) is 20.2 Å². The normalized spacial score (nSPS) is 10.6. The van der Waals surface area contributed by atoms with E-state index in [9.17, 15) is 4.79 Å². The minimum absolute atomic E-state index is 0.0230. The number of tetrazole rings is 1. The number of benzene rings is 2. The van der Waals surface area contributed by atoms with E-state index in [1.54, 1.807) is 12.1 Å². The molecule has 0 bridgehead atoms. The van der Waals surface area contributed by atoms with Gasteiger partial charge in [0.25, 0.3) is 0 Å². The molecule has 0 saturated heterocycles. The van der Waals surface area contributed by atoms with Crippen LogP contribution < -0.4 is 5.32 Å². The topological polar surface area (TPSA) is 72.7 Å². The third kappa shape index (κ3) is 3.78. The summed E-state index contributed by atoms with van der Waals surface area (Å²) in [4.78, 5) is 13.4. The Kier molecular flexibility index (Phi) is 4.57. The van der Waals surface area contributed by atoms with Crippen LogP contribution in [-0.2, 0) is 11.3 Å². The second-order valence-electron chi connectivity index (χ2n) is 5.52. The maximum atomic E-state index is 12.2. The van der Waals surface area contributed by atoms with Crippen LogP contribution in [0.1, 0.15) is 11.1 Å². The Labute approximate surface area is 144 Å². The molecule has 0 aliphatic carbocycles. The molecule has 24 heavy (non-hydrogen) atoms. The minimum Gasteiger partial charge on any atom is -0.324 e. The molecular weight excluding hydrogens is 326 g/mol. The number of nitrogens with zero attached hydrogens (tertiary/aromatic N) is 4. The first-order valence-electron chi connectivity index (χ1n) is 7.42. The number of hydrogen-bond acceptors (Lipinski definition) is 4. The zero-order valence-electron chi connectivity index (χ0n) is 13.3. The molecule has 0 atom stereocenters. The highest BCUT2D eigenvalue weighted by atomic mass is 35.5. The second kappa shape index (κ2) is 6.80. The van der Waals surface area contributed by atoms with Gasteiger partial charge in [-0.3, -0.25) is 4.79 Å². The molecule has 0 fully saturated rings. The van der Waals surface area contributed by atoms with E-state index in [1.165, 1.54) is 4.80 Å². The molecule has 3 aromatic rings. The summed E-state index contributed by atoms with van der Waals surface area (Å²) in [6, 6.07) is 13.1. The van der Waals surface area contributed by atoms with Gasteiger partial charge in [-0.25, -0.2) is 0 Å². The Morgan fingerprint density at radius 2 is 1.92 bits per heavy atom. The molecule has 2 aromatic carbocycles. The molecule has 7 heteroatoms. The smallest absolute Gasteiger partial charge is 0.248 e. The molecule has 1 heterocycles. The summed E-state index contributed by atoms with van der Waals surface area (Å²) in [7, 11) is 0. The number of rotatable bonds is 4. The first-order valence-corrected chi connectivity index (χ1v) is 7.80. The lowest BCUT2D eigenvalue weighted by Crippen LogP contribution is -2.21. The van der Waals surface area contributed by atoms with Gasteiger partial charge >= 0.3 is 0 Å². The van der Waals surface area contributed by atoms with Crippen LogP contribution in [-0.4, -0.2) is 26.1 Å². The van der Waals surface area contributed by atoms with Crippen molar-refractivity contribution < 1.29 is 4.79 Å². The summed E-state index contributed by atoms with van der Waals surface area (Å²) in [5, 5.41) is 15.5. The molecule has 0 unspecified atom stereocenters. The van der Waals surface area contributed by atoms with Crippen LogP contribution in [0.15, 0.2) is 42.5 Å². The van der Waals surface area contributed by atoms with Crippen LogP contribution in [0.4, 0.5) is 5.69 Å². The molecule has 0 saturated carbocycles. The average molecular weight is 342 g/mol. The largest absolute Gasteiger partial charge is 0.324 e. The molecule has 0 aliphatic heterocycles. The van der Waals surface area contributed by atoms with Crippen LogP contribution >= 0.6 is 11.6 Å². The van der Waals surface area contributed by atoms with Crippen LogP contribution in [0, 0.1) is 13.8 Å². The number of nitrogens with one attached hydrogen (secondary N) is 1. The number of aromatic nitrogens is 4. The zero-order chi connectivity index (χ0) is 17.1. The summed E-state index contributed by atoms with van der Waals surface area (Å²) in [6.07, 6.45) is 0. The van der Waals surface area contributed by atoms with Crippen molar-refractivity contribution in [2.24, 2.45) is 0 Å². The predicted molar refractivity (Wildman–Crippen MR) is 92.8 cm³/mol. The highest BCUT2D eigenvalue weighted by Gasteiger charge is 2.10. The zero-order valence-corrected chi connectivity index (χ0v) is 14.1. The Morgan fingerprint density at radius 1 is 1.17 bits per heavy atom. The number of anilines is 1. The number of amides is 1. The summed E-state index contributed by atoms with van der Waals surface area (Å²) >= 11 is 5.95. The lowest BCUT2D eigenvalue weighted by Gasteiger charge is -2.08. The molecule has 0 spiro atoms. The SMILES string of the molecule is Cc1ccc(-c2nnn(CC(=O)Nc3cc(Cl)ccc3C)n2)cc1. The van der Waals surface area contributed by atoms with E-state index in [2.05, 4.69) is 20.7 Å². The maximum absolute atomic E-state index is 12.2. The van der Waals surface area contributed by atoms with Gasteiger partial charge in [-0.1, -0.05) is 47.5 Å². The monoisotopic (exact) mass is 341 g/mol. The Hall–Kier alpha value is -2.73. The van der Waals surface area contributed by atoms with Crippen LogP contribution in [0.2, 0.25) is 5.02 Å².